The topological polar surface area (TPSA) is 43.8 Å². The van der Waals surface area contributed by atoms with E-state index in [9.17, 15) is 9.90 Å². The number of likely N-dealkylation sites (tertiary alicyclic amines) is 2. The summed E-state index contributed by atoms with van der Waals surface area (Å²) >= 11 is 0. The van der Waals surface area contributed by atoms with E-state index in [-0.39, 0.29) is 5.91 Å². The van der Waals surface area contributed by atoms with Crippen molar-refractivity contribution >= 4 is 5.91 Å². The summed E-state index contributed by atoms with van der Waals surface area (Å²) in [5.41, 5.74) is -1.22. The van der Waals surface area contributed by atoms with E-state index in [0.29, 0.717) is 6.04 Å². The minimum Gasteiger partial charge on any atom is -0.381 e. The first-order valence-electron chi connectivity index (χ1n) is 7.24. The molecular weight excluding hydrogens is 228 g/mol. The van der Waals surface area contributed by atoms with Crippen LogP contribution in [0.3, 0.4) is 0 Å². The Morgan fingerprint density at radius 2 is 1.61 bits per heavy atom. The highest BCUT2D eigenvalue weighted by atomic mass is 16.3. The molecule has 2 aliphatic rings. The molecule has 0 bridgehead atoms. The van der Waals surface area contributed by atoms with Gasteiger partial charge in [-0.15, -0.1) is 0 Å². The summed E-state index contributed by atoms with van der Waals surface area (Å²) in [5, 5.41) is 9.75. The minimum atomic E-state index is -1.22. The molecular formula is C14H26N2O2. The molecule has 0 atom stereocenters. The van der Waals surface area contributed by atoms with Crippen molar-refractivity contribution in [1.82, 2.24) is 9.80 Å². The molecule has 0 aromatic carbocycles. The zero-order chi connectivity index (χ0) is 13.2. The van der Waals surface area contributed by atoms with E-state index in [0.717, 1.165) is 25.9 Å². The summed E-state index contributed by atoms with van der Waals surface area (Å²) in [7, 11) is 0. The van der Waals surface area contributed by atoms with Crippen LogP contribution in [0.15, 0.2) is 0 Å². The summed E-state index contributed by atoms with van der Waals surface area (Å²) in [5.74, 6) is -0.125. The van der Waals surface area contributed by atoms with Gasteiger partial charge >= 0.3 is 0 Å². The zero-order valence-corrected chi connectivity index (χ0v) is 11.7. The van der Waals surface area contributed by atoms with Gasteiger partial charge in [0.05, 0.1) is 0 Å². The minimum absolute atomic E-state index is 0.125. The quantitative estimate of drug-likeness (QED) is 0.806. The second-order valence-corrected chi connectivity index (χ2v) is 6.18. The molecule has 0 saturated carbocycles. The molecule has 1 N–H and O–H groups in total. The van der Waals surface area contributed by atoms with Gasteiger partial charge in [0.25, 0.3) is 5.91 Å². The Labute approximate surface area is 110 Å². The van der Waals surface area contributed by atoms with Crippen LogP contribution in [-0.2, 0) is 4.79 Å². The van der Waals surface area contributed by atoms with E-state index in [1.165, 1.54) is 32.4 Å². The van der Waals surface area contributed by atoms with Crippen LogP contribution >= 0.6 is 0 Å². The lowest BCUT2D eigenvalue weighted by Gasteiger charge is -2.41. The highest BCUT2D eigenvalue weighted by molar-refractivity contribution is 5.84. The molecule has 2 heterocycles. The number of hydrogen-bond acceptors (Lipinski definition) is 3. The van der Waals surface area contributed by atoms with E-state index in [1.54, 1.807) is 13.8 Å². The number of aliphatic hydroxyl groups is 1. The lowest BCUT2D eigenvalue weighted by Crippen LogP contribution is -2.52. The van der Waals surface area contributed by atoms with Gasteiger partial charge in [0.2, 0.25) is 0 Å². The van der Waals surface area contributed by atoms with Crippen LogP contribution in [0.4, 0.5) is 0 Å². The van der Waals surface area contributed by atoms with Crippen LogP contribution in [0.2, 0.25) is 0 Å². The van der Waals surface area contributed by atoms with E-state index < -0.39 is 5.60 Å². The van der Waals surface area contributed by atoms with Crippen LogP contribution in [0.25, 0.3) is 0 Å². The Balaban J connectivity index is 1.82. The van der Waals surface area contributed by atoms with Crippen molar-refractivity contribution in [2.75, 3.05) is 26.2 Å². The van der Waals surface area contributed by atoms with Crippen molar-refractivity contribution in [3.8, 4) is 0 Å². The van der Waals surface area contributed by atoms with Crippen LogP contribution < -0.4 is 0 Å². The number of carbonyl (C=O) groups excluding carboxylic acids is 1. The van der Waals surface area contributed by atoms with Gasteiger partial charge < -0.3 is 14.9 Å². The lowest BCUT2D eigenvalue weighted by atomic mass is 9.98. The fraction of sp³-hybridized carbons (Fsp3) is 0.929. The number of nitrogens with zero attached hydrogens (tertiary/aromatic N) is 2. The summed E-state index contributed by atoms with van der Waals surface area (Å²) in [4.78, 5) is 16.4. The van der Waals surface area contributed by atoms with E-state index in [1.807, 2.05) is 4.90 Å². The van der Waals surface area contributed by atoms with Crippen molar-refractivity contribution in [3.05, 3.63) is 0 Å². The number of amides is 1. The van der Waals surface area contributed by atoms with Crippen LogP contribution in [0.1, 0.15) is 46.0 Å². The first kappa shape index (κ1) is 13.8. The number of carbonyl (C=O) groups is 1. The first-order valence-corrected chi connectivity index (χ1v) is 7.24. The Kier molecular flexibility index (Phi) is 4.28. The molecule has 0 aliphatic carbocycles. The van der Waals surface area contributed by atoms with Crippen LogP contribution in [-0.4, -0.2) is 58.6 Å². The monoisotopic (exact) mass is 254 g/mol. The number of piperidine rings is 2. The summed E-state index contributed by atoms with van der Waals surface area (Å²) in [6, 6.07) is 0.649. The smallest absolute Gasteiger partial charge is 0.253 e. The summed E-state index contributed by atoms with van der Waals surface area (Å²) in [6.45, 7) is 7.19. The lowest BCUT2D eigenvalue weighted by molar-refractivity contribution is -0.149. The van der Waals surface area contributed by atoms with Gasteiger partial charge in [-0.3, -0.25) is 4.79 Å². The molecule has 1 amide bonds. The fourth-order valence-corrected chi connectivity index (χ4v) is 3.10. The highest BCUT2D eigenvalue weighted by Crippen LogP contribution is 2.22. The maximum absolute atomic E-state index is 12.0. The van der Waals surface area contributed by atoms with Crippen LogP contribution in [0, 0.1) is 0 Å². The van der Waals surface area contributed by atoms with Crippen molar-refractivity contribution in [2.45, 2.75) is 57.6 Å². The maximum atomic E-state index is 12.0. The molecule has 0 spiro atoms. The number of rotatable bonds is 2. The van der Waals surface area contributed by atoms with Crippen molar-refractivity contribution in [3.63, 3.8) is 0 Å². The van der Waals surface area contributed by atoms with Crippen molar-refractivity contribution < 1.29 is 9.90 Å². The van der Waals surface area contributed by atoms with Crippen molar-refractivity contribution in [2.24, 2.45) is 0 Å². The molecule has 2 rings (SSSR count). The summed E-state index contributed by atoms with van der Waals surface area (Å²) < 4.78 is 0. The van der Waals surface area contributed by atoms with E-state index >= 15 is 0 Å². The highest BCUT2D eigenvalue weighted by Gasteiger charge is 2.33. The van der Waals surface area contributed by atoms with Gasteiger partial charge in [0.1, 0.15) is 5.60 Å². The van der Waals surface area contributed by atoms with Gasteiger partial charge in [-0.1, -0.05) is 6.42 Å². The molecule has 2 fully saturated rings. The average Bonchev–Trinajstić information content (AvgIpc) is 2.38. The van der Waals surface area contributed by atoms with E-state index in [2.05, 4.69) is 4.90 Å². The average molecular weight is 254 g/mol. The van der Waals surface area contributed by atoms with Gasteiger partial charge in [-0.2, -0.15) is 0 Å². The molecule has 2 saturated heterocycles. The van der Waals surface area contributed by atoms with Gasteiger partial charge in [-0.25, -0.2) is 0 Å². The molecule has 4 heteroatoms. The molecule has 0 aromatic rings. The molecule has 0 unspecified atom stereocenters. The Morgan fingerprint density at radius 3 is 2.11 bits per heavy atom. The Morgan fingerprint density at radius 1 is 1.06 bits per heavy atom. The molecule has 104 valence electrons. The van der Waals surface area contributed by atoms with Gasteiger partial charge in [-0.05, 0) is 52.6 Å². The second kappa shape index (κ2) is 5.57. The van der Waals surface area contributed by atoms with E-state index in [4.69, 9.17) is 0 Å². The normalized spacial score (nSPS) is 24.3. The standard InChI is InChI=1S/C14H26N2O2/c1-14(2,18)13(17)16-10-6-12(7-11-16)15-8-4-3-5-9-15/h12,18H,3-11H2,1-2H3. The third kappa shape index (κ3) is 3.23. The predicted molar refractivity (Wildman–Crippen MR) is 71.3 cm³/mol. The second-order valence-electron chi connectivity index (χ2n) is 6.18. The molecule has 2 aliphatic heterocycles. The van der Waals surface area contributed by atoms with Crippen LogP contribution in [0.5, 0.6) is 0 Å². The maximum Gasteiger partial charge on any atom is 0.253 e. The SMILES string of the molecule is CC(C)(O)C(=O)N1CCC(N2CCCCC2)CC1. The van der Waals surface area contributed by atoms with Gasteiger partial charge in [0, 0.05) is 19.1 Å². The van der Waals surface area contributed by atoms with Gasteiger partial charge in [0.15, 0.2) is 0 Å². The largest absolute Gasteiger partial charge is 0.381 e. The number of hydrogen-bond donors (Lipinski definition) is 1. The summed E-state index contributed by atoms with van der Waals surface area (Å²) in [6.07, 6.45) is 6.13. The first-order chi connectivity index (χ1) is 8.48. The molecule has 4 nitrogen and oxygen atoms in total. The third-order valence-corrected chi connectivity index (χ3v) is 4.18. The Bertz CT molecular complexity index is 285. The fourth-order valence-electron chi connectivity index (χ4n) is 3.10. The Hall–Kier alpha value is -0.610. The molecule has 0 radical (unpaired) electrons. The third-order valence-electron chi connectivity index (χ3n) is 4.18. The molecule has 0 aromatic heterocycles. The molecule has 18 heavy (non-hydrogen) atoms. The predicted octanol–water partition coefficient (Wildman–Crippen LogP) is 1.23. The van der Waals surface area contributed by atoms with Crippen molar-refractivity contribution in [1.29, 1.82) is 0 Å². The zero-order valence-electron chi connectivity index (χ0n) is 11.7.